The van der Waals surface area contributed by atoms with Crippen LogP contribution in [0.4, 0.5) is 19.0 Å². The molecular weight excluding hydrogens is 215 g/mol. The molecule has 5 nitrogen and oxygen atoms in total. The number of rotatable bonds is 1. The van der Waals surface area contributed by atoms with Gasteiger partial charge in [-0.2, -0.15) is 18.4 Å². The third-order valence-electron chi connectivity index (χ3n) is 1.42. The number of nitrogens with zero attached hydrogens (tertiary/aromatic N) is 3. The van der Waals surface area contributed by atoms with Crippen LogP contribution in [-0.4, -0.2) is 9.91 Å². The van der Waals surface area contributed by atoms with E-state index in [0.717, 1.165) is 0 Å². The van der Waals surface area contributed by atoms with Gasteiger partial charge in [-0.05, 0) is 9.91 Å². The van der Waals surface area contributed by atoms with Gasteiger partial charge in [-0.3, -0.25) is 0 Å². The lowest BCUT2D eigenvalue weighted by molar-refractivity contribution is -0.390. The number of pyridine rings is 1. The molecule has 0 radical (unpaired) electrons. The fraction of sp³-hybridized carbons (Fsp3) is 0.143. The van der Waals surface area contributed by atoms with E-state index < -0.39 is 28.2 Å². The average molecular weight is 217 g/mol. The van der Waals surface area contributed by atoms with Crippen LogP contribution in [0.3, 0.4) is 0 Å². The van der Waals surface area contributed by atoms with Crippen molar-refractivity contribution in [1.82, 2.24) is 4.98 Å². The van der Waals surface area contributed by atoms with Gasteiger partial charge < -0.3 is 10.1 Å². The first kappa shape index (κ1) is 10.9. The Morgan fingerprint density at radius 3 is 2.47 bits per heavy atom. The predicted octanol–water partition coefficient (Wildman–Crippen LogP) is 1.88. The summed E-state index contributed by atoms with van der Waals surface area (Å²) < 4.78 is 36.5. The van der Waals surface area contributed by atoms with Crippen molar-refractivity contribution in [3.05, 3.63) is 33.5 Å². The van der Waals surface area contributed by atoms with Crippen molar-refractivity contribution in [3.63, 3.8) is 0 Å². The SMILES string of the molecule is N#Cc1cc([N+](=O)[O-])nc(C(F)(F)F)c1. The molecule has 0 atom stereocenters. The Balaban J connectivity index is 3.38. The number of nitro groups is 1. The van der Waals surface area contributed by atoms with E-state index in [4.69, 9.17) is 5.26 Å². The lowest BCUT2D eigenvalue weighted by Gasteiger charge is -2.01. The summed E-state index contributed by atoms with van der Waals surface area (Å²) in [5, 5.41) is 18.6. The van der Waals surface area contributed by atoms with E-state index >= 15 is 0 Å². The zero-order chi connectivity index (χ0) is 11.6. The summed E-state index contributed by atoms with van der Waals surface area (Å²) in [6, 6.07) is 2.52. The summed E-state index contributed by atoms with van der Waals surface area (Å²) in [6.45, 7) is 0. The third kappa shape index (κ3) is 2.40. The number of halogens is 3. The van der Waals surface area contributed by atoms with E-state index in [0.29, 0.717) is 12.1 Å². The molecule has 0 aliphatic rings. The fourth-order valence-corrected chi connectivity index (χ4v) is 0.819. The van der Waals surface area contributed by atoms with Crippen LogP contribution in [0.15, 0.2) is 12.1 Å². The van der Waals surface area contributed by atoms with Crippen molar-refractivity contribution in [2.45, 2.75) is 6.18 Å². The number of nitriles is 1. The lowest BCUT2D eigenvalue weighted by Crippen LogP contribution is -2.09. The Bertz CT molecular complexity index is 450. The van der Waals surface area contributed by atoms with Crippen molar-refractivity contribution >= 4 is 5.82 Å². The monoisotopic (exact) mass is 217 g/mol. The van der Waals surface area contributed by atoms with Gasteiger partial charge in [0.15, 0.2) is 0 Å². The molecule has 0 unspecified atom stereocenters. The zero-order valence-corrected chi connectivity index (χ0v) is 6.95. The van der Waals surface area contributed by atoms with Gasteiger partial charge in [0, 0.05) is 6.07 Å². The van der Waals surface area contributed by atoms with Crippen LogP contribution in [0.2, 0.25) is 0 Å². The van der Waals surface area contributed by atoms with Crippen molar-refractivity contribution in [3.8, 4) is 6.07 Å². The normalized spacial score (nSPS) is 10.8. The minimum atomic E-state index is -4.81. The summed E-state index contributed by atoms with van der Waals surface area (Å²) in [5.41, 5.74) is -1.91. The quantitative estimate of drug-likeness (QED) is 0.531. The molecule has 78 valence electrons. The number of aromatic nitrogens is 1. The van der Waals surface area contributed by atoms with E-state index in [1.54, 1.807) is 0 Å². The molecule has 0 spiro atoms. The van der Waals surface area contributed by atoms with Crippen molar-refractivity contribution in [1.29, 1.82) is 5.26 Å². The molecule has 1 rings (SSSR count). The summed E-state index contributed by atoms with van der Waals surface area (Å²) in [6.07, 6.45) is -4.81. The highest BCUT2D eigenvalue weighted by Gasteiger charge is 2.38. The van der Waals surface area contributed by atoms with Crippen LogP contribution in [0, 0.1) is 21.4 Å². The Morgan fingerprint density at radius 2 is 2.07 bits per heavy atom. The van der Waals surface area contributed by atoms with E-state index in [9.17, 15) is 23.3 Å². The molecule has 8 heteroatoms. The topological polar surface area (TPSA) is 79.8 Å². The minimum absolute atomic E-state index is 0.451. The zero-order valence-electron chi connectivity index (χ0n) is 6.95. The van der Waals surface area contributed by atoms with E-state index in [-0.39, 0.29) is 0 Å². The Morgan fingerprint density at radius 1 is 1.47 bits per heavy atom. The van der Waals surface area contributed by atoms with Crippen LogP contribution in [0.1, 0.15) is 11.3 Å². The smallest absolute Gasteiger partial charge is 0.358 e. The molecule has 0 bridgehead atoms. The largest absolute Gasteiger partial charge is 0.458 e. The molecule has 0 saturated carbocycles. The van der Waals surface area contributed by atoms with Crippen LogP contribution in [-0.2, 0) is 6.18 Å². The van der Waals surface area contributed by atoms with Gasteiger partial charge in [0.05, 0.1) is 17.7 Å². The first-order chi connectivity index (χ1) is 6.84. The molecular formula is C7H2F3N3O2. The Hall–Kier alpha value is -2.17. The molecule has 0 amide bonds. The second-order valence-corrected chi connectivity index (χ2v) is 2.47. The van der Waals surface area contributed by atoms with Crippen LogP contribution in [0.25, 0.3) is 0 Å². The number of alkyl halides is 3. The average Bonchev–Trinajstić information content (AvgIpc) is 2.15. The molecule has 1 aromatic heterocycles. The number of hydrogen-bond donors (Lipinski definition) is 0. The summed E-state index contributed by atoms with van der Waals surface area (Å²) >= 11 is 0. The first-order valence-electron chi connectivity index (χ1n) is 3.48. The number of hydrogen-bond acceptors (Lipinski definition) is 4. The second kappa shape index (κ2) is 3.53. The maximum Gasteiger partial charge on any atom is 0.458 e. The van der Waals surface area contributed by atoms with Crippen LogP contribution in [0.5, 0.6) is 0 Å². The summed E-state index contributed by atoms with van der Waals surface area (Å²) in [4.78, 5) is 11.9. The molecule has 0 saturated heterocycles. The molecule has 1 aromatic rings. The predicted molar refractivity (Wildman–Crippen MR) is 40.6 cm³/mol. The minimum Gasteiger partial charge on any atom is -0.358 e. The molecule has 0 aliphatic carbocycles. The highest BCUT2D eigenvalue weighted by molar-refractivity contribution is 5.38. The van der Waals surface area contributed by atoms with Gasteiger partial charge in [0.25, 0.3) is 5.69 Å². The van der Waals surface area contributed by atoms with Gasteiger partial charge in [0.1, 0.15) is 0 Å². The maximum atomic E-state index is 12.2. The van der Waals surface area contributed by atoms with Gasteiger partial charge in [-0.25, -0.2) is 0 Å². The Kier molecular flexibility index (Phi) is 2.57. The molecule has 0 aromatic carbocycles. The van der Waals surface area contributed by atoms with E-state index in [1.807, 2.05) is 0 Å². The summed E-state index contributed by atoms with van der Waals surface area (Å²) in [5.74, 6) is -0.999. The summed E-state index contributed by atoms with van der Waals surface area (Å²) in [7, 11) is 0. The fourth-order valence-electron chi connectivity index (χ4n) is 0.819. The van der Waals surface area contributed by atoms with Crippen LogP contribution >= 0.6 is 0 Å². The van der Waals surface area contributed by atoms with Crippen molar-refractivity contribution in [2.75, 3.05) is 0 Å². The van der Waals surface area contributed by atoms with Crippen molar-refractivity contribution in [2.24, 2.45) is 0 Å². The van der Waals surface area contributed by atoms with Gasteiger partial charge in [-0.1, -0.05) is 0 Å². The van der Waals surface area contributed by atoms with Crippen molar-refractivity contribution < 1.29 is 18.1 Å². The second-order valence-electron chi connectivity index (χ2n) is 2.47. The highest BCUT2D eigenvalue weighted by atomic mass is 19.4. The van der Waals surface area contributed by atoms with Gasteiger partial charge >= 0.3 is 12.0 Å². The maximum absolute atomic E-state index is 12.2. The third-order valence-corrected chi connectivity index (χ3v) is 1.42. The van der Waals surface area contributed by atoms with E-state index in [1.165, 1.54) is 6.07 Å². The van der Waals surface area contributed by atoms with Gasteiger partial charge in [0.2, 0.25) is 0 Å². The van der Waals surface area contributed by atoms with Gasteiger partial charge in [-0.15, -0.1) is 0 Å². The lowest BCUT2D eigenvalue weighted by atomic mass is 10.2. The molecule has 1 heterocycles. The van der Waals surface area contributed by atoms with E-state index in [2.05, 4.69) is 4.98 Å². The molecule has 15 heavy (non-hydrogen) atoms. The molecule has 0 aliphatic heterocycles. The Labute approximate surface area is 80.9 Å². The highest BCUT2D eigenvalue weighted by Crippen LogP contribution is 2.29. The first-order valence-corrected chi connectivity index (χ1v) is 3.48. The standard InChI is InChI=1S/C7H2F3N3O2/c8-7(9,10)5-1-4(3-11)2-6(12-5)13(14)15/h1-2H. The molecule has 0 N–H and O–H groups in total. The molecule has 0 fully saturated rings. The van der Waals surface area contributed by atoms with Crippen LogP contribution < -0.4 is 0 Å².